The lowest BCUT2D eigenvalue weighted by molar-refractivity contribution is -0.124. The summed E-state index contributed by atoms with van der Waals surface area (Å²) in [4.78, 5) is 24.6. The van der Waals surface area contributed by atoms with Crippen LogP contribution in [0.4, 0.5) is 0 Å². The van der Waals surface area contributed by atoms with Crippen LogP contribution in [0.2, 0.25) is 0 Å². The summed E-state index contributed by atoms with van der Waals surface area (Å²) >= 11 is 0. The van der Waals surface area contributed by atoms with E-state index in [4.69, 9.17) is 9.47 Å². The summed E-state index contributed by atoms with van der Waals surface area (Å²) in [6.07, 6.45) is 2.66. The molecule has 1 saturated heterocycles. The molecule has 0 spiro atoms. The van der Waals surface area contributed by atoms with Gasteiger partial charge in [-0.1, -0.05) is 6.07 Å². The lowest BCUT2D eigenvalue weighted by atomic mass is 9.97. The van der Waals surface area contributed by atoms with Crippen LogP contribution < -0.4 is 25.4 Å². The molecule has 2 rings (SSSR count). The van der Waals surface area contributed by atoms with Crippen molar-refractivity contribution in [2.75, 3.05) is 27.3 Å². The second-order valence-electron chi connectivity index (χ2n) is 6.51. The number of hydrogen-bond acceptors (Lipinski definition) is 6. The van der Waals surface area contributed by atoms with Crippen molar-refractivity contribution in [1.82, 2.24) is 16.0 Å². The fourth-order valence-corrected chi connectivity index (χ4v) is 2.97. The van der Waals surface area contributed by atoms with Gasteiger partial charge in [-0.05, 0) is 50.6 Å². The average Bonchev–Trinajstić information content (AvgIpc) is 2.73. The first-order valence-corrected chi connectivity index (χ1v) is 9.14. The molecule has 3 N–H and O–H groups in total. The van der Waals surface area contributed by atoms with Crippen LogP contribution >= 0.6 is 0 Å². The molecule has 0 saturated carbocycles. The van der Waals surface area contributed by atoms with Crippen LogP contribution in [0, 0.1) is 17.2 Å². The molecule has 1 fully saturated rings. The first-order valence-electron chi connectivity index (χ1n) is 9.14. The zero-order chi connectivity index (χ0) is 20.5. The second-order valence-corrected chi connectivity index (χ2v) is 6.51. The summed E-state index contributed by atoms with van der Waals surface area (Å²) in [5.74, 6) is 0.297. The van der Waals surface area contributed by atoms with Crippen LogP contribution in [0.25, 0.3) is 0 Å². The molecule has 1 aromatic carbocycles. The number of amides is 2. The molecular formula is C20H26N4O4. The Morgan fingerprint density at radius 2 is 1.93 bits per heavy atom. The van der Waals surface area contributed by atoms with E-state index in [1.54, 1.807) is 32.2 Å². The Labute approximate surface area is 164 Å². The maximum atomic E-state index is 12.4. The largest absolute Gasteiger partial charge is 0.493 e. The molecule has 1 unspecified atom stereocenters. The second kappa shape index (κ2) is 10.3. The van der Waals surface area contributed by atoms with Crippen LogP contribution in [0.3, 0.4) is 0 Å². The molecule has 0 radical (unpaired) electrons. The first kappa shape index (κ1) is 21.3. The summed E-state index contributed by atoms with van der Waals surface area (Å²) in [6, 6.07) is 6.78. The van der Waals surface area contributed by atoms with E-state index in [2.05, 4.69) is 16.0 Å². The summed E-state index contributed by atoms with van der Waals surface area (Å²) in [6.45, 7) is 3.37. The van der Waals surface area contributed by atoms with Crippen LogP contribution in [-0.2, 0) is 9.59 Å². The number of nitrogens with one attached hydrogen (secondary N) is 3. The molecule has 8 heteroatoms. The topological polar surface area (TPSA) is 112 Å². The zero-order valence-corrected chi connectivity index (χ0v) is 16.4. The van der Waals surface area contributed by atoms with E-state index < -0.39 is 5.91 Å². The highest BCUT2D eigenvalue weighted by Crippen LogP contribution is 2.29. The predicted octanol–water partition coefficient (Wildman–Crippen LogP) is 1.40. The number of nitrogens with zero attached hydrogens (tertiary/aromatic N) is 1. The van der Waals surface area contributed by atoms with Crippen LogP contribution in [0.5, 0.6) is 11.5 Å². The van der Waals surface area contributed by atoms with Gasteiger partial charge in [-0.2, -0.15) is 5.26 Å². The normalized spacial score (nSPS) is 15.9. The first-order chi connectivity index (χ1) is 13.5. The van der Waals surface area contributed by atoms with Crippen LogP contribution in [0.1, 0.15) is 31.4 Å². The van der Waals surface area contributed by atoms with Gasteiger partial charge < -0.3 is 25.4 Å². The zero-order valence-electron chi connectivity index (χ0n) is 16.4. The number of carbonyl (C=O) groups is 2. The Bertz CT molecular complexity index is 779. The molecule has 28 heavy (non-hydrogen) atoms. The minimum atomic E-state index is -0.560. The number of hydrogen-bond donors (Lipinski definition) is 3. The van der Waals surface area contributed by atoms with Gasteiger partial charge in [0.1, 0.15) is 11.6 Å². The van der Waals surface area contributed by atoms with E-state index in [9.17, 15) is 14.9 Å². The number of rotatable bonds is 7. The average molecular weight is 386 g/mol. The number of methoxy groups -OCH3 is 2. The molecular weight excluding hydrogens is 360 g/mol. The maximum absolute atomic E-state index is 12.4. The minimum Gasteiger partial charge on any atom is -0.493 e. The lowest BCUT2D eigenvalue weighted by Gasteiger charge is -2.21. The molecule has 1 aromatic rings. The Kier molecular flexibility index (Phi) is 7.84. The molecule has 8 nitrogen and oxygen atoms in total. The number of ether oxygens (including phenoxy) is 2. The van der Waals surface area contributed by atoms with E-state index in [0.717, 1.165) is 31.5 Å². The quantitative estimate of drug-likeness (QED) is 0.482. The van der Waals surface area contributed by atoms with Gasteiger partial charge >= 0.3 is 0 Å². The molecule has 0 bridgehead atoms. The van der Waals surface area contributed by atoms with Gasteiger partial charge in [0.05, 0.1) is 20.3 Å². The monoisotopic (exact) mass is 386 g/mol. The van der Waals surface area contributed by atoms with Crippen molar-refractivity contribution in [2.24, 2.45) is 5.92 Å². The number of piperidine rings is 1. The molecule has 2 amide bonds. The number of nitriles is 1. The van der Waals surface area contributed by atoms with Gasteiger partial charge in [-0.3, -0.25) is 9.59 Å². The molecule has 150 valence electrons. The fourth-order valence-electron chi connectivity index (χ4n) is 2.97. The van der Waals surface area contributed by atoms with Crippen molar-refractivity contribution >= 4 is 11.8 Å². The smallest absolute Gasteiger partial charge is 0.263 e. The Balaban J connectivity index is 2.00. The fraction of sp³-hybridized carbons (Fsp3) is 0.450. The molecule has 1 aliphatic rings. The van der Waals surface area contributed by atoms with E-state index in [1.165, 1.54) is 13.3 Å². The third kappa shape index (κ3) is 5.47. The van der Waals surface area contributed by atoms with E-state index in [0.29, 0.717) is 11.5 Å². The SMILES string of the molecule is COc1ccc(C(C)NC(=O)/C(C#N)=C\NC(=O)C2CCNCC2)cc1OC. The van der Waals surface area contributed by atoms with Crippen molar-refractivity contribution in [2.45, 2.75) is 25.8 Å². The highest BCUT2D eigenvalue weighted by atomic mass is 16.5. The Morgan fingerprint density at radius 1 is 1.25 bits per heavy atom. The third-order valence-electron chi connectivity index (χ3n) is 4.69. The highest BCUT2D eigenvalue weighted by Gasteiger charge is 2.21. The molecule has 0 aliphatic carbocycles. The van der Waals surface area contributed by atoms with E-state index in [-0.39, 0.29) is 23.4 Å². The summed E-state index contributed by atoms with van der Waals surface area (Å²) in [5, 5.41) is 17.8. The van der Waals surface area contributed by atoms with E-state index in [1.807, 2.05) is 6.07 Å². The summed E-state index contributed by atoms with van der Waals surface area (Å²) in [5.41, 5.74) is 0.636. The van der Waals surface area contributed by atoms with Gasteiger partial charge in [0, 0.05) is 12.1 Å². The molecule has 1 atom stereocenters. The van der Waals surface area contributed by atoms with Crippen molar-refractivity contribution in [1.29, 1.82) is 5.26 Å². The standard InChI is InChI=1S/C20H26N4O4/c1-13(15-4-5-17(27-2)18(10-15)28-3)24-20(26)16(11-21)12-23-19(25)14-6-8-22-9-7-14/h4-5,10,12-14,22H,6-9H2,1-3H3,(H,23,25)(H,24,26)/b16-12-. The third-order valence-corrected chi connectivity index (χ3v) is 4.69. The number of benzene rings is 1. The molecule has 0 aromatic heterocycles. The van der Waals surface area contributed by atoms with Gasteiger partial charge in [-0.15, -0.1) is 0 Å². The Hall–Kier alpha value is -3.05. The summed E-state index contributed by atoms with van der Waals surface area (Å²) < 4.78 is 10.5. The van der Waals surface area contributed by atoms with Gasteiger partial charge in [0.2, 0.25) is 5.91 Å². The van der Waals surface area contributed by atoms with E-state index >= 15 is 0 Å². The van der Waals surface area contributed by atoms with Crippen molar-refractivity contribution < 1.29 is 19.1 Å². The van der Waals surface area contributed by atoms with Gasteiger partial charge in [0.25, 0.3) is 5.91 Å². The van der Waals surface area contributed by atoms with Gasteiger partial charge in [-0.25, -0.2) is 0 Å². The predicted molar refractivity (Wildman–Crippen MR) is 104 cm³/mol. The molecule has 1 heterocycles. The molecule has 1 aliphatic heterocycles. The van der Waals surface area contributed by atoms with Crippen molar-refractivity contribution in [3.63, 3.8) is 0 Å². The highest BCUT2D eigenvalue weighted by molar-refractivity contribution is 5.98. The van der Waals surface area contributed by atoms with Crippen molar-refractivity contribution in [3.05, 3.63) is 35.5 Å². The van der Waals surface area contributed by atoms with Crippen molar-refractivity contribution in [3.8, 4) is 17.6 Å². The Morgan fingerprint density at radius 3 is 2.54 bits per heavy atom. The lowest BCUT2D eigenvalue weighted by Crippen LogP contribution is -2.37. The number of carbonyl (C=O) groups excluding carboxylic acids is 2. The van der Waals surface area contributed by atoms with Crippen LogP contribution in [-0.4, -0.2) is 39.1 Å². The van der Waals surface area contributed by atoms with Crippen LogP contribution in [0.15, 0.2) is 30.0 Å². The van der Waals surface area contributed by atoms with Gasteiger partial charge in [0.15, 0.2) is 11.5 Å². The maximum Gasteiger partial charge on any atom is 0.263 e. The summed E-state index contributed by atoms with van der Waals surface area (Å²) in [7, 11) is 3.08. The minimum absolute atomic E-state index is 0.105.